The summed E-state index contributed by atoms with van der Waals surface area (Å²) in [5.74, 6) is 3.82. The van der Waals surface area contributed by atoms with E-state index >= 15 is 0 Å². The van der Waals surface area contributed by atoms with Gasteiger partial charge in [-0.05, 0) is 94.8 Å². The van der Waals surface area contributed by atoms with Crippen molar-refractivity contribution in [3.63, 3.8) is 0 Å². The molecule has 1 aromatic heterocycles. The monoisotopic (exact) mass is 485 g/mol. The molecule has 0 aliphatic carbocycles. The molecule has 34 heavy (non-hydrogen) atoms. The molecule has 0 spiro atoms. The fourth-order valence-electron chi connectivity index (χ4n) is 5.73. The smallest absolute Gasteiger partial charge is 0.226 e. The maximum Gasteiger partial charge on any atom is 0.226 e. The number of Topliss-reactive ketones (excluding diaryl/α,β-unsaturated/α-hetero) is 1. The molecule has 0 N–H and O–H groups in total. The number of halogens is 1. The van der Waals surface area contributed by atoms with Crippen LogP contribution in [0.2, 0.25) is 5.02 Å². The average molecular weight is 486 g/mol. The Bertz CT molecular complexity index is 924. The molecule has 2 aliphatic rings. The summed E-state index contributed by atoms with van der Waals surface area (Å²) in [6.45, 7) is 13.0. The van der Waals surface area contributed by atoms with Gasteiger partial charge in [-0.1, -0.05) is 25.4 Å². The lowest BCUT2D eigenvalue weighted by Crippen LogP contribution is -2.39. The normalized spacial score (nSPS) is 22.8. The number of unbranched alkanes of at least 4 members (excludes halogenated alkanes) is 1. The number of ketones is 1. The van der Waals surface area contributed by atoms with Gasteiger partial charge in [-0.25, -0.2) is 4.98 Å². The van der Waals surface area contributed by atoms with Gasteiger partial charge >= 0.3 is 0 Å². The van der Waals surface area contributed by atoms with Crippen LogP contribution in [-0.2, 0) is 11.3 Å². The number of benzene rings is 1. The summed E-state index contributed by atoms with van der Waals surface area (Å²) in [6, 6.07) is 7.57. The molecule has 3 heterocycles. The molecular weight excluding hydrogens is 446 g/mol. The predicted octanol–water partition coefficient (Wildman–Crippen LogP) is 6.23. The largest absolute Gasteiger partial charge is 0.441 e. The minimum Gasteiger partial charge on any atom is -0.441 e. The second-order valence-electron chi connectivity index (χ2n) is 10.7. The number of aryl methyl sites for hydroxylation is 1. The molecule has 0 amide bonds. The van der Waals surface area contributed by atoms with Gasteiger partial charge in [0.1, 0.15) is 11.5 Å². The van der Waals surface area contributed by atoms with E-state index in [1.807, 2.05) is 31.2 Å². The lowest BCUT2D eigenvalue weighted by Gasteiger charge is -2.35. The summed E-state index contributed by atoms with van der Waals surface area (Å²) in [4.78, 5) is 22.5. The highest BCUT2D eigenvalue weighted by Gasteiger charge is 2.26. The zero-order chi connectivity index (χ0) is 24.1. The minimum atomic E-state index is 0.231. The highest BCUT2D eigenvalue weighted by Crippen LogP contribution is 2.27. The van der Waals surface area contributed by atoms with Crippen LogP contribution in [0.4, 0.5) is 0 Å². The molecule has 0 unspecified atom stereocenters. The molecule has 2 saturated heterocycles. The van der Waals surface area contributed by atoms with Crippen molar-refractivity contribution in [2.24, 2.45) is 17.8 Å². The maximum atomic E-state index is 12.8. The number of aromatic nitrogens is 1. The van der Waals surface area contributed by atoms with Gasteiger partial charge in [0, 0.05) is 42.6 Å². The fraction of sp³-hybridized carbons (Fsp3) is 0.643. The lowest BCUT2D eigenvalue weighted by atomic mass is 9.89. The molecule has 0 bridgehead atoms. The van der Waals surface area contributed by atoms with Crippen molar-refractivity contribution < 1.29 is 9.21 Å². The van der Waals surface area contributed by atoms with E-state index in [1.54, 1.807) is 0 Å². The Morgan fingerprint density at radius 1 is 1.06 bits per heavy atom. The molecule has 2 fully saturated rings. The zero-order valence-corrected chi connectivity index (χ0v) is 21.8. The van der Waals surface area contributed by atoms with Crippen molar-refractivity contribution in [1.29, 1.82) is 0 Å². The first-order valence-corrected chi connectivity index (χ1v) is 13.4. The molecule has 4 rings (SSSR count). The summed E-state index contributed by atoms with van der Waals surface area (Å²) in [6.07, 6.45) is 6.20. The summed E-state index contributed by atoms with van der Waals surface area (Å²) < 4.78 is 5.91. The second kappa shape index (κ2) is 11.8. The van der Waals surface area contributed by atoms with E-state index in [-0.39, 0.29) is 5.92 Å². The Labute approximate surface area is 209 Å². The van der Waals surface area contributed by atoms with E-state index in [1.165, 1.54) is 19.5 Å². The standard InChI is InChI=1S/C28H40ClN3O2/c1-20-16-21(2)18-32(17-20)13-5-4-6-27(33)23-11-14-31(15-12-23)19-26-22(3)34-28(30-26)24-7-9-25(29)10-8-24/h7-10,20-21,23H,4-6,11-19H2,1-3H3/t20-,21+. The zero-order valence-electron chi connectivity index (χ0n) is 21.1. The number of nitrogens with zero attached hydrogens (tertiary/aromatic N) is 3. The van der Waals surface area contributed by atoms with Crippen LogP contribution in [0.3, 0.4) is 0 Å². The molecular formula is C28H40ClN3O2. The van der Waals surface area contributed by atoms with Gasteiger partial charge in [-0.15, -0.1) is 0 Å². The molecule has 6 heteroatoms. The van der Waals surface area contributed by atoms with E-state index in [4.69, 9.17) is 21.0 Å². The Kier molecular flexibility index (Phi) is 8.84. The Hall–Kier alpha value is -1.69. The van der Waals surface area contributed by atoms with E-state index in [2.05, 4.69) is 23.6 Å². The summed E-state index contributed by atoms with van der Waals surface area (Å²) in [5.41, 5.74) is 1.92. The number of carbonyl (C=O) groups excluding carboxylic acids is 1. The first-order chi connectivity index (χ1) is 16.4. The van der Waals surface area contributed by atoms with Crippen LogP contribution in [0.15, 0.2) is 28.7 Å². The van der Waals surface area contributed by atoms with Gasteiger partial charge in [0.15, 0.2) is 0 Å². The highest BCUT2D eigenvalue weighted by atomic mass is 35.5. The molecule has 0 radical (unpaired) electrons. The van der Waals surface area contributed by atoms with Crippen molar-refractivity contribution in [2.45, 2.75) is 65.8 Å². The summed E-state index contributed by atoms with van der Waals surface area (Å²) in [5, 5.41) is 0.705. The fourth-order valence-corrected chi connectivity index (χ4v) is 5.85. The number of hydrogen-bond donors (Lipinski definition) is 0. The Balaban J connectivity index is 1.17. The van der Waals surface area contributed by atoms with Crippen molar-refractivity contribution in [2.75, 3.05) is 32.7 Å². The molecule has 1 aromatic carbocycles. The van der Waals surface area contributed by atoms with Crippen molar-refractivity contribution in [3.8, 4) is 11.5 Å². The number of piperidine rings is 2. The predicted molar refractivity (Wildman–Crippen MR) is 138 cm³/mol. The topological polar surface area (TPSA) is 49.6 Å². The number of carbonyl (C=O) groups is 1. The van der Waals surface area contributed by atoms with E-state index < -0.39 is 0 Å². The van der Waals surface area contributed by atoms with Gasteiger partial charge in [0.2, 0.25) is 5.89 Å². The molecule has 2 aromatic rings. The van der Waals surface area contributed by atoms with Crippen molar-refractivity contribution >= 4 is 17.4 Å². The van der Waals surface area contributed by atoms with Crippen LogP contribution < -0.4 is 0 Å². The minimum absolute atomic E-state index is 0.231. The molecule has 2 atom stereocenters. The molecule has 0 saturated carbocycles. The third-order valence-corrected chi connectivity index (χ3v) is 7.74. The summed E-state index contributed by atoms with van der Waals surface area (Å²) in [7, 11) is 0. The quantitative estimate of drug-likeness (QED) is 0.394. The van der Waals surface area contributed by atoms with Gasteiger partial charge in [-0.3, -0.25) is 9.69 Å². The third-order valence-electron chi connectivity index (χ3n) is 7.49. The second-order valence-corrected chi connectivity index (χ2v) is 11.1. The van der Waals surface area contributed by atoms with Crippen molar-refractivity contribution in [1.82, 2.24) is 14.8 Å². The van der Waals surface area contributed by atoms with Crippen molar-refractivity contribution in [3.05, 3.63) is 40.7 Å². The van der Waals surface area contributed by atoms with Crippen LogP contribution in [0.1, 0.15) is 63.8 Å². The van der Waals surface area contributed by atoms with Gasteiger partial charge in [-0.2, -0.15) is 0 Å². The third kappa shape index (κ3) is 6.93. The van der Waals surface area contributed by atoms with Gasteiger partial charge < -0.3 is 9.32 Å². The highest BCUT2D eigenvalue weighted by molar-refractivity contribution is 6.30. The number of hydrogen-bond acceptors (Lipinski definition) is 5. The molecule has 5 nitrogen and oxygen atoms in total. The van der Waals surface area contributed by atoms with Crippen LogP contribution in [-0.4, -0.2) is 53.3 Å². The maximum absolute atomic E-state index is 12.8. The van der Waals surface area contributed by atoms with Crippen LogP contribution in [0, 0.1) is 24.7 Å². The molecule has 186 valence electrons. The number of rotatable bonds is 9. The number of likely N-dealkylation sites (tertiary alicyclic amines) is 2. The van der Waals surface area contributed by atoms with Gasteiger partial charge in [0.25, 0.3) is 0 Å². The Morgan fingerprint density at radius 2 is 1.74 bits per heavy atom. The van der Waals surface area contributed by atoms with E-state index in [0.717, 1.165) is 87.1 Å². The van der Waals surface area contributed by atoms with Gasteiger partial charge in [0.05, 0.1) is 5.69 Å². The van der Waals surface area contributed by atoms with Crippen LogP contribution >= 0.6 is 11.6 Å². The number of oxazole rings is 1. The lowest BCUT2D eigenvalue weighted by molar-refractivity contribution is -0.124. The Morgan fingerprint density at radius 3 is 2.41 bits per heavy atom. The van der Waals surface area contributed by atoms with E-state index in [9.17, 15) is 4.79 Å². The van der Waals surface area contributed by atoms with E-state index in [0.29, 0.717) is 16.7 Å². The van der Waals surface area contributed by atoms with Crippen LogP contribution in [0.5, 0.6) is 0 Å². The first kappa shape index (κ1) is 25.4. The first-order valence-electron chi connectivity index (χ1n) is 13.1. The van der Waals surface area contributed by atoms with Crippen LogP contribution in [0.25, 0.3) is 11.5 Å². The summed E-state index contributed by atoms with van der Waals surface area (Å²) >= 11 is 5.99. The average Bonchev–Trinajstić information content (AvgIpc) is 3.17. The SMILES string of the molecule is Cc1oc(-c2ccc(Cl)cc2)nc1CN1CCC(C(=O)CCCCN2C[C@H](C)C[C@H](C)C2)CC1. The molecule has 2 aliphatic heterocycles.